The molecule has 0 saturated carbocycles. The summed E-state index contributed by atoms with van der Waals surface area (Å²) in [6.07, 6.45) is -9.76. The van der Waals surface area contributed by atoms with Gasteiger partial charge in [-0.05, 0) is 30.3 Å². The first-order chi connectivity index (χ1) is 12.1. The summed E-state index contributed by atoms with van der Waals surface area (Å²) in [5.74, 6) is 0. The van der Waals surface area contributed by atoms with Gasteiger partial charge in [0.05, 0.1) is 36.8 Å². The van der Waals surface area contributed by atoms with Crippen molar-refractivity contribution in [1.29, 1.82) is 0 Å². The predicted octanol–water partition coefficient (Wildman–Crippen LogP) is 6.49. The Labute approximate surface area is 163 Å². The van der Waals surface area contributed by atoms with Gasteiger partial charge in [0.1, 0.15) is 0 Å². The fourth-order valence-corrected chi connectivity index (χ4v) is 3.79. The Kier molecular flexibility index (Phi) is 5.87. The molecule has 148 valence electrons. The van der Waals surface area contributed by atoms with Crippen molar-refractivity contribution in [3.05, 3.63) is 56.5 Å². The van der Waals surface area contributed by atoms with Crippen molar-refractivity contribution < 1.29 is 34.8 Å². The lowest BCUT2D eigenvalue weighted by atomic mass is 10.2. The highest BCUT2D eigenvalue weighted by atomic mass is 35.5. The van der Waals surface area contributed by atoms with E-state index < -0.39 is 59.2 Å². The molecule has 0 saturated heterocycles. The van der Waals surface area contributed by atoms with Crippen molar-refractivity contribution in [1.82, 2.24) is 0 Å². The van der Waals surface area contributed by atoms with E-state index >= 15 is 0 Å². The fraction of sp³-hybridized carbons (Fsp3) is 0.143. The van der Waals surface area contributed by atoms with Gasteiger partial charge < -0.3 is 0 Å². The lowest BCUT2D eigenvalue weighted by molar-refractivity contribution is -0.138. The van der Waals surface area contributed by atoms with Crippen LogP contribution in [0.2, 0.25) is 15.1 Å². The van der Waals surface area contributed by atoms with Crippen molar-refractivity contribution in [2.45, 2.75) is 17.2 Å². The second-order valence-corrected chi connectivity index (χ2v) is 7.96. The molecule has 0 aliphatic heterocycles. The van der Waals surface area contributed by atoms with Gasteiger partial charge in [-0.15, -0.1) is 0 Å². The summed E-state index contributed by atoms with van der Waals surface area (Å²) in [6.45, 7) is 0. The number of nitrogens with one attached hydrogen (secondary N) is 1. The Hall–Kier alpha value is -1.36. The summed E-state index contributed by atoms with van der Waals surface area (Å²) in [5.41, 5.74) is -3.25. The van der Waals surface area contributed by atoms with E-state index in [-0.39, 0.29) is 6.07 Å². The van der Waals surface area contributed by atoms with Gasteiger partial charge in [0.2, 0.25) is 0 Å². The van der Waals surface area contributed by atoms with Gasteiger partial charge in [0, 0.05) is 0 Å². The van der Waals surface area contributed by atoms with E-state index in [4.69, 9.17) is 34.8 Å². The highest BCUT2D eigenvalue weighted by Crippen LogP contribution is 2.40. The number of benzene rings is 2. The third kappa shape index (κ3) is 4.92. The second-order valence-electron chi connectivity index (χ2n) is 5.05. The Morgan fingerprint density at radius 2 is 1.26 bits per heavy atom. The van der Waals surface area contributed by atoms with Crippen molar-refractivity contribution in [3.8, 4) is 0 Å². The maximum atomic E-state index is 12.9. The van der Waals surface area contributed by atoms with Gasteiger partial charge >= 0.3 is 12.4 Å². The minimum absolute atomic E-state index is 0.282. The van der Waals surface area contributed by atoms with Gasteiger partial charge in [-0.2, -0.15) is 26.3 Å². The highest BCUT2D eigenvalue weighted by Gasteiger charge is 2.36. The number of sulfonamides is 1. The van der Waals surface area contributed by atoms with Crippen molar-refractivity contribution in [2.75, 3.05) is 4.72 Å². The molecule has 0 aromatic heterocycles. The summed E-state index contributed by atoms with van der Waals surface area (Å²) >= 11 is 16.5. The van der Waals surface area contributed by atoms with Crippen molar-refractivity contribution in [2.24, 2.45) is 0 Å². The van der Waals surface area contributed by atoms with E-state index in [1.54, 1.807) is 4.72 Å². The van der Waals surface area contributed by atoms with Crippen LogP contribution >= 0.6 is 34.8 Å². The minimum atomic E-state index is -4.92. The summed E-state index contributed by atoms with van der Waals surface area (Å²) < 4.78 is 103. The van der Waals surface area contributed by atoms with Crippen LogP contribution in [0.5, 0.6) is 0 Å². The van der Waals surface area contributed by atoms with Crippen molar-refractivity contribution >= 4 is 50.5 Å². The predicted molar refractivity (Wildman–Crippen MR) is 88.7 cm³/mol. The Morgan fingerprint density at radius 3 is 1.78 bits per heavy atom. The minimum Gasteiger partial charge on any atom is -0.278 e. The number of hydrogen-bond acceptors (Lipinski definition) is 2. The van der Waals surface area contributed by atoms with Gasteiger partial charge in [-0.25, -0.2) is 8.42 Å². The number of alkyl halides is 6. The molecule has 3 nitrogen and oxygen atoms in total. The third-order valence-electron chi connectivity index (χ3n) is 3.16. The first-order valence-corrected chi connectivity index (χ1v) is 9.20. The maximum absolute atomic E-state index is 12.9. The molecule has 13 heteroatoms. The number of halogens is 9. The van der Waals surface area contributed by atoms with E-state index in [1.807, 2.05) is 0 Å². The van der Waals surface area contributed by atoms with Gasteiger partial charge in [0.25, 0.3) is 10.0 Å². The van der Waals surface area contributed by atoms with Crippen LogP contribution in [0.3, 0.4) is 0 Å². The van der Waals surface area contributed by atoms with E-state index in [9.17, 15) is 34.8 Å². The number of anilines is 1. The van der Waals surface area contributed by atoms with E-state index in [2.05, 4.69) is 0 Å². The van der Waals surface area contributed by atoms with E-state index in [1.165, 1.54) is 0 Å². The molecular formula is C14H6Cl3F6NO2S. The molecule has 0 unspecified atom stereocenters. The molecule has 0 atom stereocenters. The molecule has 2 rings (SSSR count). The molecule has 0 fully saturated rings. The van der Waals surface area contributed by atoms with Crippen LogP contribution < -0.4 is 4.72 Å². The van der Waals surface area contributed by atoms with Crippen LogP contribution in [0.4, 0.5) is 32.0 Å². The second kappa shape index (κ2) is 7.23. The van der Waals surface area contributed by atoms with Crippen LogP contribution in [-0.2, 0) is 22.4 Å². The quantitative estimate of drug-likeness (QED) is 0.519. The molecule has 0 spiro atoms. The third-order valence-corrected chi connectivity index (χ3v) is 5.48. The molecule has 0 heterocycles. The monoisotopic (exact) mass is 471 g/mol. The first kappa shape index (κ1) is 21.9. The molecule has 0 amide bonds. The van der Waals surface area contributed by atoms with E-state index in [0.29, 0.717) is 12.1 Å². The lowest BCUT2D eigenvalue weighted by Crippen LogP contribution is -2.16. The average Bonchev–Trinajstić information content (AvgIpc) is 2.48. The van der Waals surface area contributed by atoms with Crippen LogP contribution in [0.1, 0.15) is 11.1 Å². The SMILES string of the molecule is O=S(=O)(Nc1cc(Cl)c(C(F)(F)F)cc1Cl)c1ccc(Cl)c(C(F)(F)F)c1. The highest BCUT2D eigenvalue weighted by molar-refractivity contribution is 7.92. The summed E-state index contributed by atoms with van der Waals surface area (Å²) in [4.78, 5) is -0.827. The fourth-order valence-electron chi connectivity index (χ4n) is 1.93. The molecule has 0 bridgehead atoms. The standard InChI is InChI=1S/C14H6Cl3F6NO2S/c15-9-2-1-6(3-7(9)13(18,19)20)27(25,26)24-12-5-10(16)8(4-11(12)17)14(21,22)23/h1-5,24H. The van der Waals surface area contributed by atoms with Gasteiger partial charge in [-0.1, -0.05) is 34.8 Å². The normalized spacial score (nSPS) is 12.9. The number of hydrogen-bond donors (Lipinski definition) is 1. The zero-order valence-corrected chi connectivity index (χ0v) is 15.6. The molecule has 2 aromatic carbocycles. The molecule has 0 radical (unpaired) electrons. The largest absolute Gasteiger partial charge is 0.417 e. The van der Waals surface area contributed by atoms with Crippen LogP contribution in [0, 0.1) is 0 Å². The molecular weight excluding hydrogens is 467 g/mol. The molecule has 1 N–H and O–H groups in total. The van der Waals surface area contributed by atoms with Gasteiger partial charge in [-0.3, -0.25) is 4.72 Å². The molecule has 27 heavy (non-hydrogen) atoms. The Balaban J connectivity index is 2.48. The molecule has 2 aromatic rings. The molecule has 0 aliphatic carbocycles. The maximum Gasteiger partial charge on any atom is 0.417 e. The van der Waals surface area contributed by atoms with Crippen LogP contribution in [-0.4, -0.2) is 8.42 Å². The summed E-state index contributed by atoms with van der Waals surface area (Å²) in [5, 5.41) is -2.23. The van der Waals surface area contributed by atoms with Crippen molar-refractivity contribution in [3.63, 3.8) is 0 Å². The van der Waals surface area contributed by atoms with Crippen LogP contribution in [0.15, 0.2) is 35.2 Å². The number of rotatable bonds is 3. The topological polar surface area (TPSA) is 46.2 Å². The zero-order valence-electron chi connectivity index (χ0n) is 12.5. The smallest absolute Gasteiger partial charge is 0.278 e. The van der Waals surface area contributed by atoms with E-state index in [0.717, 1.165) is 12.1 Å². The summed E-state index contributed by atoms with van der Waals surface area (Å²) in [7, 11) is -4.63. The first-order valence-electron chi connectivity index (χ1n) is 6.59. The average molecular weight is 473 g/mol. The lowest BCUT2D eigenvalue weighted by Gasteiger charge is -2.15. The zero-order chi connectivity index (χ0) is 20.8. The summed E-state index contributed by atoms with van der Waals surface area (Å²) in [6, 6.07) is 2.79. The molecule has 0 aliphatic rings. The van der Waals surface area contributed by atoms with Crippen LogP contribution in [0.25, 0.3) is 0 Å². The Bertz CT molecular complexity index is 990. The van der Waals surface area contributed by atoms with Gasteiger partial charge in [0.15, 0.2) is 0 Å². The Morgan fingerprint density at radius 1 is 0.741 bits per heavy atom.